The van der Waals surface area contributed by atoms with Gasteiger partial charge in [0.2, 0.25) is 5.82 Å². The predicted octanol–water partition coefficient (Wildman–Crippen LogP) is 3.33. The first kappa shape index (κ1) is 13.6. The molecule has 5 heteroatoms. The molecule has 1 N–H and O–H groups in total. The van der Waals surface area contributed by atoms with Gasteiger partial charge in [0.25, 0.3) is 0 Å². The van der Waals surface area contributed by atoms with Gasteiger partial charge in [0.15, 0.2) is 0 Å². The van der Waals surface area contributed by atoms with Crippen molar-refractivity contribution < 1.29 is 9.31 Å². The van der Waals surface area contributed by atoms with Crippen molar-refractivity contribution in [2.24, 2.45) is 0 Å². The number of hydrogen-bond acceptors (Lipinski definition) is 3. The van der Waals surface area contributed by atoms with E-state index in [2.05, 4.69) is 11.2 Å². The second kappa shape index (κ2) is 5.85. The van der Waals surface area contributed by atoms with Crippen LogP contribution in [0.2, 0.25) is 0 Å². The molecule has 0 aliphatic rings. The van der Waals surface area contributed by atoms with E-state index in [0.717, 1.165) is 23.4 Å². The van der Waals surface area contributed by atoms with Gasteiger partial charge in [-0.1, -0.05) is 18.1 Å². The van der Waals surface area contributed by atoms with Crippen molar-refractivity contribution in [1.29, 1.82) is 0 Å². The van der Waals surface area contributed by atoms with E-state index in [0.29, 0.717) is 12.1 Å². The summed E-state index contributed by atoms with van der Waals surface area (Å²) in [7, 11) is 0. The highest BCUT2D eigenvalue weighted by Gasteiger charge is 2.13. The van der Waals surface area contributed by atoms with Crippen molar-refractivity contribution in [3.05, 3.63) is 69.5 Å². The van der Waals surface area contributed by atoms with E-state index < -0.39 is 16.4 Å². The van der Waals surface area contributed by atoms with Crippen LogP contribution in [-0.2, 0) is 6.54 Å². The molecule has 2 aromatic carbocycles. The van der Waals surface area contributed by atoms with Gasteiger partial charge in [-0.25, -0.2) is 0 Å². The Hall–Kier alpha value is -2.87. The first-order chi connectivity index (χ1) is 9.60. The summed E-state index contributed by atoms with van der Waals surface area (Å²) < 4.78 is 13.4. The molecule has 0 radical (unpaired) electrons. The number of anilines is 1. The Morgan fingerprint density at radius 1 is 1.30 bits per heavy atom. The zero-order valence-electron chi connectivity index (χ0n) is 10.5. The molecule has 0 aromatic heterocycles. The van der Waals surface area contributed by atoms with Crippen LogP contribution in [0, 0.1) is 28.3 Å². The number of hydrogen-bond donors (Lipinski definition) is 1. The average Bonchev–Trinajstić information content (AvgIpc) is 2.45. The second-order valence-corrected chi connectivity index (χ2v) is 4.12. The highest BCUT2D eigenvalue weighted by atomic mass is 19.1. The van der Waals surface area contributed by atoms with Crippen molar-refractivity contribution in [2.75, 3.05) is 5.32 Å². The molecule has 2 aromatic rings. The highest BCUT2D eigenvalue weighted by molar-refractivity contribution is 5.50. The zero-order valence-corrected chi connectivity index (χ0v) is 10.5. The minimum Gasteiger partial charge on any atom is -0.381 e. The van der Waals surface area contributed by atoms with Gasteiger partial charge in [0, 0.05) is 23.9 Å². The minimum atomic E-state index is -0.841. The van der Waals surface area contributed by atoms with E-state index in [4.69, 9.17) is 6.42 Å². The predicted molar refractivity (Wildman–Crippen MR) is 74.8 cm³/mol. The minimum absolute atomic E-state index is 0.350. The zero-order chi connectivity index (χ0) is 14.5. The standard InChI is InChI=1S/C15H11FN2O2/c1-2-11-4-3-5-13(8-11)17-10-12-6-7-15(18(19)20)14(16)9-12/h1,3-9,17H,10H2. The Morgan fingerprint density at radius 3 is 2.75 bits per heavy atom. The summed E-state index contributed by atoms with van der Waals surface area (Å²) in [4.78, 5) is 9.77. The van der Waals surface area contributed by atoms with Gasteiger partial charge in [0.1, 0.15) is 0 Å². The summed E-state index contributed by atoms with van der Waals surface area (Å²) in [6, 6.07) is 11.1. The van der Waals surface area contributed by atoms with E-state index >= 15 is 0 Å². The second-order valence-electron chi connectivity index (χ2n) is 4.12. The monoisotopic (exact) mass is 270 g/mol. The smallest absolute Gasteiger partial charge is 0.304 e. The molecule has 0 heterocycles. The summed E-state index contributed by atoms with van der Waals surface area (Å²) in [6.45, 7) is 0.350. The van der Waals surface area contributed by atoms with Crippen LogP contribution in [0.25, 0.3) is 0 Å². The fourth-order valence-electron chi connectivity index (χ4n) is 1.73. The molecule has 0 fully saturated rings. The number of benzene rings is 2. The molecule has 0 amide bonds. The summed E-state index contributed by atoms with van der Waals surface area (Å²) in [5.41, 5.74) is 1.63. The van der Waals surface area contributed by atoms with Gasteiger partial charge in [-0.3, -0.25) is 10.1 Å². The number of nitro benzene ring substituents is 1. The Kier molecular flexibility index (Phi) is 3.96. The van der Waals surface area contributed by atoms with E-state index in [1.807, 2.05) is 12.1 Å². The maximum atomic E-state index is 13.4. The molecule has 0 unspecified atom stereocenters. The molecule has 0 aliphatic carbocycles. The molecule has 20 heavy (non-hydrogen) atoms. The molecule has 2 rings (SSSR count). The third kappa shape index (κ3) is 3.12. The van der Waals surface area contributed by atoms with E-state index in [1.54, 1.807) is 12.1 Å². The topological polar surface area (TPSA) is 55.2 Å². The lowest BCUT2D eigenvalue weighted by molar-refractivity contribution is -0.387. The molecular weight excluding hydrogens is 259 g/mol. The van der Waals surface area contributed by atoms with Crippen LogP contribution in [0.1, 0.15) is 11.1 Å². The maximum Gasteiger partial charge on any atom is 0.304 e. The number of nitrogens with zero attached hydrogens (tertiary/aromatic N) is 1. The maximum absolute atomic E-state index is 13.4. The van der Waals surface area contributed by atoms with Crippen LogP contribution in [0.4, 0.5) is 15.8 Å². The third-order valence-corrected chi connectivity index (χ3v) is 2.73. The summed E-state index contributed by atoms with van der Waals surface area (Å²) in [5, 5.41) is 13.6. The first-order valence-corrected chi connectivity index (χ1v) is 5.83. The largest absolute Gasteiger partial charge is 0.381 e. The number of halogens is 1. The Labute approximate surface area is 115 Å². The van der Waals surface area contributed by atoms with Crippen molar-refractivity contribution in [1.82, 2.24) is 0 Å². The number of rotatable bonds is 4. The quantitative estimate of drug-likeness (QED) is 0.526. The van der Waals surface area contributed by atoms with Crippen LogP contribution < -0.4 is 5.32 Å². The Balaban J connectivity index is 2.09. The summed E-state index contributed by atoms with van der Waals surface area (Å²) in [6.07, 6.45) is 5.30. The number of nitrogens with one attached hydrogen (secondary N) is 1. The molecule has 0 aliphatic heterocycles. The first-order valence-electron chi connectivity index (χ1n) is 5.83. The van der Waals surface area contributed by atoms with Crippen molar-refractivity contribution >= 4 is 11.4 Å². The van der Waals surface area contributed by atoms with Crippen LogP contribution >= 0.6 is 0 Å². The van der Waals surface area contributed by atoms with Gasteiger partial charge in [-0.2, -0.15) is 4.39 Å². The lowest BCUT2D eigenvalue weighted by Gasteiger charge is -2.07. The van der Waals surface area contributed by atoms with Gasteiger partial charge in [-0.05, 0) is 29.8 Å². The number of nitro groups is 1. The summed E-state index contributed by atoms with van der Waals surface area (Å²) >= 11 is 0. The van der Waals surface area contributed by atoms with Gasteiger partial charge in [-0.15, -0.1) is 6.42 Å². The SMILES string of the molecule is C#Cc1cccc(NCc2ccc([N+](=O)[O-])c(F)c2)c1. The lowest BCUT2D eigenvalue weighted by atomic mass is 10.1. The van der Waals surface area contributed by atoms with Crippen molar-refractivity contribution in [3.8, 4) is 12.3 Å². The normalized spacial score (nSPS) is 9.80. The molecule has 0 saturated heterocycles. The molecule has 4 nitrogen and oxygen atoms in total. The van der Waals surface area contributed by atoms with Crippen LogP contribution in [0.15, 0.2) is 42.5 Å². The fourth-order valence-corrected chi connectivity index (χ4v) is 1.73. The highest BCUT2D eigenvalue weighted by Crippen LogP contribution is 2.19. The van der Waals surface area contributed by atoms with Crippen molar-refractivity contribution in [2.45, 2.75) is 6.54 Å². The lowest BCUT2D eigenvalue weighted by Crippen LogP contribution is -2.01. The molecule has 0 saturated carbocycles. The van der Waals surface area contributed by atoms with E-state index in [-0.39, 0.29) is 0 Å². The molecular formula is C15H11FN2O2. The van der Waals surface area contributed by atoms with Crippen LogP contribution in [0.3, 0.4) is 0 Å². The average molecular weight is 270 g/mol. The van der Waals surface area contributed by atoms with Crippen molar-refractivity contribution in [3.63, 3.8) is 0 Å². The Bertz CT molecular complexity index is 693. The van der Waals surface area contributed by atoms with E-state index in [9.17, 15) is 14.5 Å². The molecule has 0 bridgehead atoms. The Morgan fingerprint density at radius 2 is 2.10 bits per heavy atom. The van der Waals surface area contributed by atoms with Crippen LogP contribution in [-0.4, -0.2) is 4.92 Å². The van der Waals surface area contributed by atoms with E-state index in [1.165, 1.54) is 6.07 Å². The summed E-state index contributed by atoms with van der Waals surface area (Å²) in [5.74, 6) is 1.68. The van der Waals surface area contributed by atoms with Gasteiger partial charge in [0.05, 0.1) is 4.92 Å². The molecule has 100 valence electrons. The third-order valence-electron chi connectivity index (χ3n) is 2.73. The van der Waals surface area contributed by atoms with Gasteiger partial charge < -0.3 is 5.32 Å². The van der Waals surface area contributed by atoms with Crippen LogP contribution in [0.5, 0.6) is 0 Å². The molecule has 0 spiro atoms. The molecule has 0 atom stereocenters. The fraction of sp³-hybridized carbons (Fsp3) is 0.0667. The van der Waals surface area contributed by atoms with Gasteiger partial charge >= 0.3 is 5.69 Å². The number of terminal acetylenes is 1.